The summed E-state index contributed by atoms with van der Waals surface area (Å²) in [6, 6.07) is 6.45. The van der Waals surface area contributed by atoms with Crippen molar-refractivity contribution in [1.29, 1.82) is 5.26 Å². The van der Waals surface area contributed by atoms with E-state index in [4.69, 9.17) is 22.0 Å². The second-order valence-corrected chi connectivity index (χ2v) is 3.00. The summed E-state index contributed by atoms with van der Waals surface area (Å²) in [5.41, 5.74) is 3.23. The molecule has 78 valence electrons. The second-order valence-electron chi connectivity index (χ2n) is 2.59. The van der Waals surface area contributed by atoms with Gasteiger partial charge in [0, 0.05) is 0 Å². The highest BCUT2D eigenvalue weighted by molar-refractivity contribution is 6.32. The minimum Gasteiger partial charge on any atom is -0.479 e. The smallest absolute Gasteiger partial charge is 0.332 e. The van der Waals surface area contributed by atoms with Gasteiger partial charge in [-0.2, -0.15) is 5.26 Å². The van der Waals surface area contributed by atoms with E-state index < -0.39 is 12.6 Å². The normalized spacial score (nSPS) is 9.33. The van der Waals surface area contributed by atoms with E-state index in [1.54, 1.807) is 6.07 Å². The number of carboxylic acids is 1. The van der Waals surface area contributed by atoms with Crippen LogP contribution in [0, 0.1) is 11.3 Å². The van der Waals surface area contributed by atoms with Gasteiger partial charge in [0.25, 0.3) is 0 Å². The summed E-state index contributed by atoms with van der Waals surface area (Å²) >= 11 is 5.74. The van der Waals surface area contributed by atoms with E-state index in [1.807, 2.05) is 6.07 Å². The number of aliphatic carboxylic acids is 1. The van der Waals surface area contributed by atoms with Gasteiger partial charge in [0.2, 0.25) is 0 Å². The zero-order chi connectivity index (χ0) is 11.3. The van der Waals surface area contributed by atoms with Gasteiger partial charge in [-0.3, -0.25) is 10.3 Å². The Morgan fingerprint density at radius 3 is 2.93 bits per heavy atom. The molecule has 0 aliphatic heterocycles. The molecule has 0 aliphatic carbocycles. The first-order chi connectivity index (χ1) is 7.13. The highest BCUT2D eigenvalue weighted by Crippen LogP contribution is 2.19. The third kappa shape index (κ3) is 3.46. The molecule has 1 aromatic rings. The average molecular weight is 227 g/mol. The summed E-state index contributed by atoms with van der Waals surface area (Å²) in [7, 11) is 0. The maximum atomic E-state index is 10.1. The molecule has 15 heavy (non-hydrogen) atoms. The molecule has 0 saturated heterocycles. The summed E-state index contributed by atoms with van der Waals surface area (Å²) in [6.07, 6.45) is 0. The molecule has 0 fully saturated rings. The Labute approximate surface area is 90.8 Å². The number of carboxylic acid groups (broad SMARTS) is 1. The SMILES string of the molecule is N#Cc1ccc(NOCC(=O)O)cc1Cl. The molecule has 6 heteroatoms. The molecule has 2 N–H and O–H groups in total. The minimum absolute atomic E-state index is 0.279. The first-order valence-electron chi connectivity index (χ1n) is 3.92. The molecule has 5 nitrogen and oxygen atoms in total. The van der Waals surface area contributed by atoms with Crippen molar-refractivity contribution >= 4 is 23.3 Å². The summed E-state index contributed by atoms with van der Waals surface area (Å²) < 4.78 is 0. The predicted octanol–water partition coefficient (Wildman–Crippen LogP) is 1.64. The van der Waals surface area contributed by atoms with Gasteiger partial charge in [-0.15, -0.1) is 0 Å². The molecule has 0 aromatic heterocycles. The summed E-state index contributed by atoms with van der Waals surface area (Å²) in [5, 5.41) is 17.2. The molecule has 0 saturated carbocycles. The van der Waals surface area contributed by atoms with Gasteiger partial charge in [-0.1, -0.05) is 11.6 Å². The number of halogens is 1. The van der Waals surface area contributed by atoms with E-state index in [1.165, 1.54) is 12.1 Å². The number of carbonyl (C=O) groups is 1. The molecule has 1 aromatic carbocycles. The van der Waals surface area contributed by atoms with Crippen LogP contribution in [0.1, 0.15) is 5.56 Å². The van der Waals surface area contributed by atoms with Crippen LogP contribution in [0.5, 0.6) is 0 Å². The molecule has 1 rings (SSSR count). The van der Waals surface area contributed by atoms with Gasteiger partial charge in [0.05, 0.1) is 16.3 Å². The molecule has 0 heterocycles. The Kier molecular flexibility index (Phi) is 3.92. The lowest BCUT2D eigenvalue weighted by atomic mass is 10.2. The third-order valence-electron chi connectivity index (χ3n) is 1.48. The van der Waals surface area contributed by atoms with Crippen LogP contribution in [0.4, 0.5) is 5.69 Å². The van der Waals surface area contributed by atoms with Crippen molar-refractivity contribution in [2.45, 2.75) is 0 Å². The Morgan fingerprint density at radius 1 is 1.67 bits per heavy atom. The van der Waals surface area contributed by atoms with Gasteiger partial charge in [-0.25, -0.2) is 4.79 Å². The minimum atomic E-state index is -1.08. The largest absolute Gasteiger partial charge is 0.479 e. The predicted molar refractivity (Wildman–Crippen MR) is 53.4 cm³/mol. The van der Waals surface area contributed by atoms with Gasteiger partial charge >= 0.3 is 5.97 Å². The van der Waals surface area contributed by atoms with Crippen LogP contribution in [0.3, 0.4) is 0 Å². The van der Waals surface area contributed by atoms with Crippen LogP contribution >= 0.6 is 11.6 Å². The van der Waals surface area contributed by atoms with Gasteiger partial charge in [0.15, 0.2) is 6.61 Å². The van der Waals surface area contributed by atoms with Crippen molar-refractivity contribution in [3.05, 3.63) is 28.8 Å². The molecule has 0 amide bonds. The summed E-state index contributed by atoms with van der Waals surface area (Å²) in [6.45, 7) is -0.461. The molecular weight excluding hydrogens is 220 g/mol. The first-order valence-corrected chi connectivity index (χ1v) is 4.30. The van der Waals surface area contributed by atoms with Crippen LogP contribution < -0.4 is 5.48 Å². The van der Waals surface area contributed by atoms with E-state index in [9.17, 15) is 4.79 Å². The zero-order valence-corrected chi connectivity index (χ0v) is 8.28. The number of rotatable bonds is 4. The Bertz CT molecular complexity index is 414. The summed E-state index contributed by atoms with van der Waals surface area (Å²) in [5.74, 6) is -1.08. The Hall–Kier alpha value is -1.77. The van der Waals surface area contributed by atoms with Crippen LogP contribution in [-0.4, -0.2) is 17.7 Å². The topological polar surface area (TPSA) is 82.3 Å². The van der Waals surface area contributed by atoms with Crippen molar-refractivity contribution in [3.63, 3.8) is 0 Å². The van der Waals surface area contributed by atoms with Crippen molar-refractivity contribution < 1.29 is 14.7 Å². The number of anilines is 1. The zero-order valence-electron chi connectivity index (χ0n) is 7.53. The Balaban J connectivity index is 2.60. The van der Waals surface area contributed by atoms with E-state index in [-0.39, 0.29) is 5.02 Å². The van der Waals surface area contributed by atoms with Crippen LogP contribution in [0.15, 0.2) is 18.2 Å². The average Bonchev–Trinajstić information content (AvgIpc) is 2.17. The monoisotopic (exact) mass is 226 g/mol. The quantitative estimate of drug-likeness (QED) is 0.763. The number of nitrogens with zero attached hydrogens (tertiary/aromatic N) is 1. The van der Waals surface area contributed by atoms with Gasteiger partial charge in [0.1, 0.15) is 6.07 Å². The summed E-state index contributed by atoms with van der Waals surface area (Å²) in [4.78, 5) is 14.7. The lowest BCUT2D eigenvalue weighted by molar-refractivity contribution is -0.141. The maximum Gasteiger partial charge on any atom is 0.332 e. The fraction of sp³-hybridized carbons (Fsp3) is 0.111. The van der Waals surface area contributed by atoms with Crippen LogP contribution in [0.25, 0.3) is 0 Å². The number of benzene rings is 1. The second kappa shape index (κ2) is 5.20. The molecule has 0 radical (unpaired) electrons. The molecule has 0 atom stereocenters. The maximum absolute atomic E-state index is 10.1. The number of nitriles is 1. The fourth-order valence-corrected chi connectivity index (χ4v) is 1.07. The molecule has 0 bridgehead atoms. The Morgan fingerprint density at radius 2 is 2.40 bits per heavy atom. The highest BCUT2D eigenvalue weighted by atomic mass is 35.5. The highest BCUT2D eigenvalue weighted by Gasteiger charge is 2.01. The standard InChI is InChI=1S/C9H7ClN2O3/c10-8-3-7(2-1-6(8)4-11)12-15-5-9(13)14/h1-3,12H,5H2,(H,13,14). The van der Waals surface area contributed by atoms with Crippen molar-refractivity contribution in [3.8, 4) is 6.07 Å². The number of hydrogen-bond donors (Lipinski definition) is 2. The molecule has 0 aliphatic rings. The van der Waals surface area contributed by atoms with Crippen LogP contribution in [0.2, 0.25) is 5.02 Å². The van der Waals surface area contributed by atoms with E-state index >= 15 is 0 Å². The first kappa shape index (κ1) is 11.3. The lowest BCUT2D eigenvalue weighted by Gasteiger charge is -2.05. The third-order valence-corrected chi connectivity index (χ3v) is 1.79. The van der Waals surface area contributed by atoms with E-state index in [0.717, 1.165) is 0 Å². The lowest BCUT2D eigenvalue weighted by Crippen LogP contribution is -2.11. The van der Waals surface area contributed by atoms with Crippen molar-refractivity contribution in [1.82, 2.24) is 0 Å². The van der Waals surface area contributed by atoms with Crippen molar-refractivity contribution in [2.24, 2.45) is 0 Å². The van der Waals surface area contributed by atoms with E-state index in [2.05, 4.69) is 10.3 Å². The van der Waals surface area contributed by atoms with Gasteiger partial charge < -0.3 is 5.11 Å². The number of hydrogen-bond acceptors (Lipinski definition) is 4. The van der Waals surface area contributed by atoms with E-state index in [0.29, 0.717) is 11.3 Å². The molecule has 0 spiro atoms. The molecule has 0 unspecified atom stereocenters. The van der Waals surface area contributed by atoms with Crippen LogP contribution in [-0.2, 0) is 9.63 Å². The number of nitrogens with one attached hydrogen (secondary N) is 1. The van der Waals surface area contributed by atoms with Gasteiger partial charge in [-0.05, 0) is 18.2 Å². The van der Waals surface area contributed by atoms with Crippen molar-refractivity contribution in [2.75, 3.05) is 12.1 Å². The fourth-order valence-electron chi connectivity index (χ4n) is 0.850. The molecular formula is C9H7ClN2O3.